The first-order chi connectivity index (χ1) is 9.76. The number of aryl methyl sites for hydroxylation is 1. The SMILES string of the molecule is CCCn1c(C2COCC2NC)nc2c(F)cccc21. The highest BCUT2D eigenvalue weighted by Crippen LogP contribution is 2.29. The van der Waals surface area contributed by atoms with Crippen LogP contribution < -0.4 is 5.32 Å². The second-order valence-electron chi connectivity index (χ2n) is 5.27. The second kappa shape index (κ2) is 5.50. The molecule has 5 heteroatoms. The highest BCUT2D eigenvalue weighted by molar-refractivity contribution is 5.76. The van der Waals surface area contributed by atoms with Crippen molar-refractivity contribution < 1.29 is 9.13 Å². The highest BCUT2D eigenvalue weighted by atomic mass is 19.1. The Hall–Kier alpha value is -1.46. The number of para-hydroxylation sites is 1. The van der Waals surface area contributed by atoms with Crippen LogP contribution in [0.2, 0.25) is 0 Å². The van der Waals surface area contributed by atoms with Crippen molar-refractivity contribution in [3.05, 3.63) is 29.8 Å². The van der Waals surface area contributed by atoms with E-state index in [0.717, 1.165) is 24.3 Å². The number of halogens is 1. The molecule has 1 aliphatic rings. The van der Waals surface area contributed by atoms with E-state index in [4.69, 9.17) is 4.74 Å². The Morgan fingerprint density at radius 1 is 1.45 bits per heavy atom. The minimum absolute atomic E-state index is 0.179. The van der Waals surface area contributed by atoms with E-state index in [1.165, 1.54) is 6.07 Å². The van der Waals surface area contributed by atoms with E-state index in [0.29, 0.717) is 18.7 Å². The second-order valence-corrected chi connectivity index (χ2v) is 5.27. The molecule has 0 aliphatic carbocycles. The molecule has 1 saturated heterocycles. The van der Waals surface area contributed by atoms with E-state index in [1.54, 1.807) is 6.07 Å². The molecule has 3 rings (SSSR count). The molecular weight excluding hydrogens is 257 g/mol. The normalized spacial score (nSPS) is 22.8. The predicted octanol–water partition coefficient (Wildman–Crippen LogP) is 2.29. The maximum absolute atomic E-state index is 14.0. The molecular formula is C15H20FN3O. The van der Waals surface area contributed by atoms with Crippen LogP contribution in [0.3, 0.4) is 0 Å². The first-order valence-corrected chi connectivity index (χ1v) is 7.16. The molecule has 2 heterocycles. The lowest BCUT2D eigenvalue weighted by atomic mass is 10.0. The van der Waals surface area contributed by atoms with Gasteiger partial charge in [0.25, 0.3) is 0 Å². The van der Waals surface area contributed by atoms with Crippen molar-refractivity contribution >= 4 is 11.0 Å². The molecule has 0 spiro atoms. The van der Waals surface area contributed by atoms with E-state index in [2.05, 4.69) is 21.8 Å². The van der Waals surface area contributed by atoms with Crippen LogP contribution in [0.15, 0.2) is 18.2 Å². The lowest BCUT2D eigenvalue weighted by Crippen LogP contribution is -2.32. The van der Waals surface area contributed by atoms with Crippen LogP contribution in [0.5, 0.6) is 0 Å². The van der Waals surface area contributed by atoms with Crippen LogP contribution in [-0.2, 0) is 11.3 Å². The lowest BCUT2D eigenvalue weighted by Gasteiger charge is -2.18. The minimum Gasteiger partial charge on any atom is -0.379 e. The number of aromatic nitrogens is 2. The topological polar surface area (TPSA) is 39.1 Å². The zero-order chi connectivity index (χ0) is 14.1. The third-order valence-corrected chi connectivity index (χ3v) is 3.99. The Morgan fingerprint density at radius 2 is 2.30 bits per heavy atom. The van der Waals surface area contributed by atoms with Crippen molar-refractivity contribution in [3.63, 3.8) is 0 Å². The fraction of sp³-hybridized carbons (Fsp3) is 0.533. The van der Waals surface area contributed by atoms with Crippen molar-refractivity contribution in [2.24, 2.45) is 0 Å². The van der Waals surface area contributed by atoms with E-state index in [9.17, 15) is 4.39 Å². The van der Waals surface area contributed by atoms with Gasteiger partial charge in [0.15, 0.2) is 5.82 Å². The third kappa shape index (κ3) is 2.11. The van der Waals surface area contributed by atoms with Crippen molar-refractivity contribution in [1.82, 2.24) is 14.9 Å². The number of nitrogens with zero attached hydrogens (tertiary/aromatic N) is 2. The van der Waals surface area contributed by atoms with Gasteiger partial charge in [-0.3, -0.25) is 0 Å². The monoisotopic (exact) mass is 277 g/mol. The van der Waals surface area contributed by atoms with Crippen LogP contribution in [-0.4, -0.2) is 35.9 Å². The number of imidazole rings is 1. The number of hydrogen-bond acceptors (Lipinski definition) is 3. The van der Waals surface area contributed by atoms with Crippen molar-refractivity contribution in [1.29, 1.82) is 0 Å². The maximum atomic E-state index is 14.0. The van der Waals surface area contributed by atoms with Gasteiger partial charge in [0.2, 0.25) is 0 Å². The van der Waals surface area contributed by atoms with Crippen LogP contribution in [0.25, 0.3) is 11.0 Å². The molecule has 20 heavy (non-hydrogen) atoms. The molecule has 108 valence electrons. The van der Waals surface area contributed by atoms with Gasteiger partial charge in [-0.2, -0.15) is 0 Å². The molecule has 1 aliphatic heterocycles. The highest BCUT2D eigenvalue weighted by Gasteiger charge is 2.32. The van der Waals surface area contributed by atoms with E-state index in [1.807, 2.05) is 13.1 Å². The summed E-state index contributed by atoms with van der Waals surface area (Å²) >= 11 is 0. The van der Waals surface area contributed by atoms with Gasteiger partial charge in [0, 0.05) is 12.6 Å². The minimum atomic E-state index is -0.251. The van der Waals surface area contributed by atoms with Gasteiger partial charge in [0.05, 0.1) is 24.6 Å². The van der Waals surface area contributed by atoms with Crippen LogP contribution in [0, 0.1) is 5.82 Å². The fourth-order valence-corrected chi connectivity index (χ4v) is 2.97. The van der Waals surface area contributed by atoms with Gasteiger partial charge in [-0.05, 0) is 25.6 Å². The average Bonchev–Trinajstić information content (AvgIpc) is 3.04. The number of ether oxygens (including phenoxy) is 1. The molecule has 1 N–H and O–H groups in total. The number of rotatable bonds is 4. The van der Waals surface area contributed by atoms with Crippen LogP contribution in [0.4, 0.5) is 4.39 Å². The zero-order valence-electron chi connectivity index (χ0n) is 11.9. The Morgan fingerprint density at radius 3 is 3.05 bits per heavy atom. The van der Waals surface area contributed by atoms with Crippen LogP contribution in [0.1, 0.15) is 25.1 Å². The number of hydrogen-bond donors (Lipinski definition) is 1. The quantitative estimate of drug-likeness (QED) is 0.932. The van der Waals surface area contributed by atoms with E-state index >= 15 is 0 Å². The summed E-state index contributed by atoms with van der Waals surface area (Å²) in [5, 5.41) is 3.27. The summed E-state index contributed by atoms with van der Waals surface area (Å²) in [6.07, 6.45) is 0.993. The van der Waals surface area contributed by atoms with Gasteiger partial charge >= 0.3 is 0 Å². The fourth-order valence-electron chi connectivity index (χ4n) is 2.97. The largest absolute Gasteiger partial charge is 0.379 e. The van der Waals surface area contributed by atoms with Crippen molar-refractivity contribution in [2.45, 2.75) is 31.8 Å². The summed E-state index contributed by atoms with van der Waals surface area (Å²) in [5.74, 6) is 0.862. The van der Waals surface area contributed by atoms with Crippen molar-refractivity contribution in [2.75, 3.05) is 20.3 Å². The van der Waals surface area contributed by atoms with Crippen LogP contribution >= 0.6 is 0 Å². The van der Waals surface area contributed by atoms with Gasteiger partial charge in [-0.15, -0.1) is 0 Å². The van der Waals surface area contributed by atoms with Gasteiger partial charge in [-0.25, -0.2) is 9.37 Å². The Balaban J connectivity index is 2.13. The number of likely N-dealkylation sites (N-methyl/N-ethyl adjacent to an activating group) is 1. The van der Waals surface area contributed by atoms with E-state index < -0.39 is 0 Å². The molecule has 0 saturated carbocycles. The number of fused-ring (bicyclic) bond motifs is 1. The molecule has 1 fully saturated rings. The van der Waals surface area contributed by atoms with Gasteiger partial charge < -0.3 is 14.6 Å². The Labute approximate surface area is 117 Å². The molecule has 1 aromatic carbocycles. The predicted molar refractivity (Wildman–Crippen MR) is 76.4 cm³/mol. The summed E-state index contributed by atoms with van der Waals surface area (Å²) in [6.45, 7) is 4.29. The molecule has 2 atom stereocenters. The molecule has 2 aromatic rings. The maximum Gasteiger partial charge on any atom is 0.151 e. The first kappa shape index (κ1) is 13.5. The number of nitrogens with one attached hydrogen (secondary N) is 1. The summed E-state index contributed by atoms with van der Waals surface area (Å²) < 4.78 is 21.7. The number of benzene rings is 1. The summed E-state index contributed by atoms with van der Waals surface area (Å²) in [5.41, 5.74) is 1.35. The lowest BCUT2D eigenvalue weighted by molar-refractivity contribution is 0.187. The van der Waals surface area contributed by atoms with Crippen molar-refractivity contribution in [3.8, 4) is 0 Å². The zero-order valence-corrected chi connectivity index (χ0v) is 11.9. The standard InChI is InChI=1S/C15H20FN3O/c1-3-7-19-13-6-4-5-11(16)14(13)18-15(19)10-8-20-9-12(10)17-2/h4-6,10,12,17H,3,7-9H2,1-2H3. The smallest absolute Gasteiger partial charge is 0.151 e. The first-order valence-electron chi connectivity index (χ1n) is 7.16. The molecule has 2 unspecified atom stereocenters. The van der Waals surface area contributed by atoms with Gasteiger partial charge in [0.1, 0.15) is 11.3 Å². The molecule has 1 aromatic heterocycles. The molecule has 0 bridgehead atoms. The third-order valence-electron chi connectivity index (χ3n) is 3.99. The molecule has 0 radical (unpaired) electrons. The summed E-state index contributed by atoms with van der Waals surface area (Å²) in [7, 11) is 1.93. The Kier molecular flexibility index (Phi) is 3.72. The van der Waals surface area contributed by atoms with Gasteiger partial charge in [-0.1, -0.05) is 13.0 Å². The average molecular weight is 277 g/mol. The van der Waals surface area contributed by atoms with E-state index in [-0.39, 0.29) is 17.8 Å². The molecule has 4 nitrogen and oxygen atoms in total. The summed E-state index contributed by atoms with van der Waals surface area (Å²) in [4.78, 5) is 4.58. The molecule has 0 amide bonds. The Bertz CT molecular complexity index is 610. The summed E-state index contributed by atoms with van der Waals surface area (Å²) in [6, 6.07) is 5.39.